The fourth-order valence-corrected chi connectivity index (χ4v) is 6.49. The fraction of sp³-hybridized carbons (Fsp3) is 0.606. The van der Waals surface area contributed by atoms with Gasteiger partial charge in [-0.1, -0.05) is 5.16 Å². The van der Waals surface area contributed by atoms with Crippen molar-refractivity contribution in [3.05, 3.63) is 53.4 Å². The van der Waals surface area contributed by atoms with Crippen LogP contribution in [0.15, 0.2) is 29.0 Å². The Morgan fingerprint density at radius 3 is 2.31 bits per heavy atom. The van der Waals surface area contributed by atoms with E-state index in [-0.39, 0.29) is 36.6 Å². The zero-order valence-electron chi connectivity index (χ0n) is 27.8. The fourth-order valence-electron chi connectivity index (χ4n) is 6.49. The monoisotopic (exact) mass is 673 g/mol. The van der Waals surface area contributed by atoms with Gasteiger partial charge in [-0.15, -0.1) is 0 Å². The topological polar surface area (TPSA) is 139 Å². The van der Waals surface area contributed by atoms with E-state index < -0.39 is 46.7 Å². The molecule has 260 valence electrons. The average Bonchev–Trinajstić information content (AvgIpc) is 3.64. The summed E-state index contributed by atoms with van der Waals surface area (Å²) in [4.78, 5) is 29.8. The van der Waals surface area contributed by atoms with Crippen molar-refractivity contribution in [2.75, 3.05) is 36.0 Å². The van der Waals surface area contributed by atoms with Crippen LogP contribution in [0.1, 0.15) is 77.6 Å². The lowest BCUT2D eigenvalue weighted by Gasteiger charge is -2.33. The van der Waals surface area contributed by atoms with Gasteiger partial charge in [0.05, 0.1) is 24.5 Å². The molecule has 1 aromatic carbocycles. The normalized spacial score (nSPS) is 22.4. The Kier molecular flexibility index (Phi) is 9.18. The molecule has 4 heterocycles. The van der Waals surface area contributed by atoms with Crippen molar-refractivity contribution in [3.8, 4) is 5.75 Å². The Hall–Kier alpha value is -4.14. The Bertz CT molecular complexity index is 1600. The number of piperidine rings is 1. The molecule has 0 bridgehead atoms. The second kappa shape index (κ2) is 13.1. The molecule has 4 unspecified atom stereocenters. The van der Waals surface area contributed by atoms with E-state index >= 15 is 0 Å². The zero-order chi connectivity index (χ0) is 34.4. The Morgan fingerprint density at radius 2 is 1.67 bits per heavy atom. The second-order valence-corrected chi connectivity index (χ2v) is 14.2. The molecule has 3 aromatic rings. The number of halogens is 3. The molecule has 4 atom stereocenters. The number of carbonyl (C=O) groups excluding carboxylic acids is 1. The first kappa shape index (κ1) is 33.7. The van der Waals surface area contributed by atoms with E-state index in [2.05, 4.69) is 25.4 Å². The van der Waals surface area contributed by atoms with E-state index in [1.54, 1.807) is 45.0 Å². The SMILES string of the molecule is CC(Oc1cnc(N2CC(NC(=O)OC(C)(C)C)C(c3cc(F)c(F)cc3F)C2)nc1)C1CCN(c2nc(C(C)(O)C3CC3)no2)CC1. The third-order valence-electron chi connectivity index (χ3n) is 9.39. The predicted octanol–water partition coefficient (Wildman–Crippen LogP) is 5.08. The number of nitrogens with one attached hydrogen (secondary N) is 1. The van der Waals surface area contributed by atoms with E-state index in [1.807, 2.05) is 11.8 Å². The molecule has 2 aliphatic heterocycles. The third kappa shape index (κ3) is 7.45. The number of aliphatic hydroxyl groups is 1. The quantitative estimate of drug-likeness (QED) is 0.294. The van der Waals surface area contributed by atoms with Gasteiger partial charge < -0.3 is 34.2 Å². The Labute approximate surface area is 277 Å². The number of carbonyl (C=O) groups is 1. The summed E-state index contributed by atoms with van der Waals surface area (Å²) >= 11 is 0. The van der Waals surface area contributed by atoms with Crippen LogP contribution in [0, 0.1) is 29.3 Å². The second-order valence-electron chi connectivity index (χ2n) is 14.2. The van der Waals surface area contributed by atoms with Gasteiger partial charge in [-0.05, 0) is 83.8 Å². The maximum atomic E-state index is 14.9. The van der Waals surface area contributed by atoms with E-state index in [1.165, 1.54) is 0 Å². The minimum Gasteiger partial charge on any atom is -0.487 e. The molecule has 3 fully saturated rings. The van der Waals surface area contributed by atoms with Gasteiger partial charge in [-0.25, -0.2) is 27.9 Å². The summed E-state index contributed by atoms with van der Waals surface area (Å²) in [7, 11) is 0. The average molecular weight is 674 g/mol. The summed E-state index contributed by atoms with van der Waals surface area (Å²) in [6, 6.07) is 1.05. The molecular weight excluding hydrogens is 631 g/mol. The molecule has 1 amide bonds. The maximum absolute atomic E-state index is 14.9. The van der Waals surface area contributed by atoms with Crippen molar-refractivity contribution in [1.82, 2.24) is 25.4 Å². The highest BCUT2D eigenvalue weighted by Crippen LogP contribution is 2.45. The summed E-state index contributed by atoms with van der Waals surface area (Å²) in [6.45, 7) is 10.6. The van der Waals surface area contributed by atoms with Crippen molar-refractivity contribution < 1.29 is 37.1 Å². The Balaban J connectivity index is 1.06. The van der Waals surface area contributed by atoms with Crippen LogP contribution in [0.5, 0.6) is 5.75 Å². The Morgan fingerprint density at radius 1 is 1.00 bits per heavy atom. The van der Waals surface area contributed by atoms with Crippen LogP contribution in [0.2, 0.25) is 0 Å². The largest absolute Gasteiger partial charge is 0.487 e. The van der Waals surface area contributed by atoms with Gasteiger partial charge in [-0.2, -0.15) is 4.98 Å². The summed E-state index contributed by atoms with van der Waals surface area (Å²) in [6.07, 6.45) is 5.85. The molecule has 2 saturated heterocycles. The first-order chi connectivity index (χ1) is 22.7. The number of hydrogen-bond donors (Lipinski definition) is 2. The molecule has 3 aliphatic rings. The molecule has 6 rings (SSSR count). The smallest absolute Gasteiger partial charge is 0.407 e. The molecule has 12 nitrogen and oxygen atoms in total. The highest BCUT2D eigenvalue weighted by atomic mass is 19.2. The third-order valence-corrected chi connectivity index (χ3v) is 9.39. The van der Waals surface area contributed by atoms with Crippen LogP contribution >= 0.6 is 0 Å². The lowest BCUT2D eigenvalue weighted by Crippen LogP contribution is -2.43. The predicted molar refractivity (Wildman–Crippen MR) is 168 cm³/mol. The highest BCUT2D eigenvalue weighted by Gasteiger charge is 2.45. The number of nitrogens with zero attached hydrogens (tertiary/aromatic N) is 6. The standard InChI is InChI=1S/C33H42F3N7O5/c1-18(19-8-10-42(11-9-19)30-40-28(41-48-30)33(5,45)20-6-7-20)46-21-14-37-29(38-15-21)43-16-23(22-12-25(35)26(36)13-24(22)34)27(17-43)39-31(44)47-32(2,3)4/h12-15,18-20,23,27,45H,6-11,16-17H2,1-5H3,(H,39,44). The van der Waals surface area contributed by atoms with E-state index in [4.69, 9.17) is 14.0 Å². The maximum Gasteiger partial charge on any atom is 0.407 e. The van der Waals surface area contributed by atoms with Crippen LogP contribution in [0.3, 0.4) is 0 Å². The first-order valence-electron chi connectivity index (χ1n) is 16.4. The number of amides is 1. The van der Waals surface area contributed by atoms with Crippen molar-refractivity contribution in [2.45, 2.75) is 89.6 Å². The summed E-state index contributed by atoms with van der Waals surface area (Å²) < 4.78 is 59.8. The van der Waals surface area contributed by atoms with Crippen molar-refractivity contribution in [2.24, 2.45) is 11.8 Å². The van der Waals surface area contributed by atoms with Crippen LogP contribution in [0.25, 0.3) is 0 Å². The van der Waals surface area contributed by atoms with Gasteiger partial charge in [0.1, 0.15) is 17.0 Å². The molecule has 2 N–H and O–H groups in total. The van der Waals surface area contributed by atoms with Crippen LogP contribution < -0.4 is 19.9 Å². The van der Waals surface area contributed by atoms with Gasteiger partial charge in [0.15, 0.2) is 17.4 Å². The number of anilines is 2. The lowest BCUT2D eigenvalue weighted by molar-refractivity contribution is 0.0217. The van der Waals surface area contributed by atoms with E-state index in [0.717, 1.165) is 31.7 Å². The number of alkyl carbamates (subject to hydrolysis) is 1. The van der Waals surface area contributed by atoms with Crippen LogP contribution in [-0.4, -0.2) is 75.2 Å². The summed E-state index contributed by atoms with van der Waals surface area (Å²) in [5, 5.41) is 17.5. The molecule has 1 saturated carbocycles. The summed E-state index contributed by atoms with van der Waals surface area (Å²) in [5.41, 5.74) is -1.91. The number of benzene rings is 1. The van der Waals surface area contributed by atoms with Gasteiger partial charge in [0.2, 0.25) is 11.8 Å². The zero-order valence-corrected chi connectivity index (χ0v) is 27.8. The molecule has 48 heavy (non-hydrogen) atoms. The van der Waals surface area contributed by atoms with Gasteiger partial charge in [0.25, 0.3) is 0 Å². The lowest BCUT2D eigenvalue weighted by atomic mass is 9.92. The van der Waals surface area contributed by atoms with Crippen LogP contribution in [0.4, 0.5) is 29.9 Å². The van der Waals surface area contributed by atoms with Crippen molar-refractivity contribution >= 4 is 18.1 Å². The minimum atomic E-state index is -1.29. The number of aromatic nitrogens is 4. The van der Waals surface area contributed by atoms with E-state index in [9.17, 15) is 23.1 Å². The number of hydrogen-bond acceptors (Lipinski definition) is 11. The number of ether oxygens (including phenoxy) is 2. The van der Waals surface area contributed by atoms with Crippen LogP contribution in [-0.2, 0) is 10.3 Å². The van der Waals surface area contributed by atoms with Crippen molar-refractivity contribution in [3.63, 3.8) is 0 Å². The molecule has 0 radical (unpaired) electrons. The molecule has 0 spiro atoms. The first-order valence-corrected chi connectivity index (χ1v) is 16.4. The minimum absolute atomic E-state index is 0.0676. The molecule has 15 heteroatoms. The van der Waals surface area contributed by atoms with Gasteiger partial charge in [-0.3, -0.25) is 0 Å². The molecule has 1 aliphatic carbocycles. The van der Waals surface area contributed by atoms with Gasteiger partial charge >= 0.3 is 12.1 Å². The molecular formula is C33H42F3N7O5. The van der Waals surface area contributed by atoms with Gasteiger partial charge in [0, 0.05) is 38.2 Å². The molecule has 2 aromatic heterocycles. The van der Waals surface area contributed by atoms with E-state index in [0.29, 0.717) is 42.7 Å². The highest BCUT2D eigenvalue weighted by molar-refractivity contribution is 5.68. The summed E-state index contributed by atoms with van der Waals surface area (Å²) in [5.74, 6) is -2.57. The number of rotatable bonds is 9. The van der Waals surface area contributed by atoms with Crippen molar-refractivity contribution in [1.29, 1.82) is 0 Å².